The summed E-state index contributed by atoms with van der Waals surface area (Å²) in [5, 5.41) is 3.63. The number of para-hydroxylation sites is 1. The van der Waals surface area contributed by atoms with Gasteiger partial charge in [-0.1, -0.05) is 18.2 Å². The molecule has 1 aliphatic heterocycles. The van der Waals surface area contributed by atoms with Crippen molar-refractivity contribution in [2.45, 2.75) is 44.3 Å². The number of ether oxygens (including phenoxy) is 1. The van der Waals surface area contributed by atoms with Gasteiger partial charge in [0.1, 0.15) is 12.4 Å². The molecule has 19 heavy (non-hydrogen) atoms. The molecule has 3 nitrogen and oxygen atoms in total. The smallest absolute Gasteiger partial charge is 0.119 e. The summed E-state index contributed by atoms with van der Waals surface area (Å²) in [7, 11) is 0. The minimum absolute atomic E-state index is 0.648. The maximum Gasteiger partial charge on any atom is 0.119 e. The minimum Gasteiger partial charge on any atom is -0.492 e. The van der Waals surface area contributed by atoms with E-state index in [2.05, 4.69) is 17.1 Å². The maximum absolute atomic E-state index is 5.70. The summed E-state index contributed by atoms with van der Waals surface area (Å²) >= 11 is 0. The van der Waals surface area contributed by atoms with Crippen molar-refractivity contribution in [3.63, 3.8) is 0 Å². The van der Waals surface area contributed by atoms with Crippen molar-refractivity contribution in [1.82, 2.24) is 10.2 Å². The van der Waals surface area contributed by atoms with Gasteiger partial charge in [-0.15, -0.1) is 0 Å². The molecule has 0 radical (unpaired) electrons. The third-order valence-corrected chi connectivity index (χ3v) is 4.19. The standard InChI is InChI=1S/C16H24N2O/c1-13-11-14(12-18(13)15-7-8-15)17-9-10-19-16-5-3-2-4-6-16/h2-6,13-15,17H,7-12H2,1H3. The zero-order valence-corrected chi connectivity index (χ0v) is 11.7. The van der Waals surface area contributed by atoms with Gasteiger partial charge in [-0.05, 0) is 38.3 Å². The molecule has 1 saturated carbocycles. The predicted octanol–water partition coefficient (Wildman–Crippen LogP) is 2.28. The van der Waals surface area contributed by atoms with E-state index >= 15 is 0 Å². The molecular weight excluding hydrogens is 236 g/mol. The van der Waals surface area contributed by atoms with Crippen molar-refractivity contribution in [2.75, 3.05) is 19.7 Å². The second-order valence-electron chi connectivity index (χ2n) is 5.83. The number of hydrogen-bond donors (Lipinski definition) is 1. The van der Waals surface area contributed by atoms with Gasteiger partial charge in [-0.3, -0.25) is 4.90 Å². The predicted molar refractivity (Wildman–Crippen MR) is 77.5 cm³/mol. The highest BCUT2D eigenvalue weighted by molar-refractivity contribution is 5.20. The molecule has 0 bridgehead atoms. The summed E-state index contributed by atoms with van der Waals surface area (Å²) in [5.74, 6) is 0.962. The molecule has 2 aliphatic rings. The van der Waals surface area contributed by atoms with Gasteiger partial charge in [0, 0.05) is 31.2 Å². The summed E-state index contributed by atoms with van der Waals surface area (Å²) in [6, 6.07) is 12.3. The van der Waals surface area contributed by atoms with Crippen molar-refractivity contribution in [3.05, 3.63) is 30.3 Å². The molecule has 0 amide bonds. The van der Waals surface area contributed by atoms with Crippen LogP contribution in [-0.2, 0) is 0 Å². The van der Waals surface area contributed by atoms with E-state index in [1.165, 1.54) is 25.8 Å². The lowest BCUT2D eigenvalue weighted by Crippen LogP contribution is -2.36. The summed E-state index contributed by atoms with van der Waals surface area (Å²) in [5.41, 5.74) is 0. The van der Waals surface area contributed by atoms with E-state index in [1.807, 2.05) is 30.3 Å². The van der Waals surface area contributed by atoms with Crippen LogP contribution < -0.4 is 10.1 Å². The summed E-state index contributed by atoms with van der Waals surface area (Å²) < 4.78 is 5.70. The molecular formula is C16H24N2O. The minimum atomic E-state index is 0.648. The van der Waals surface area contributed by atoms with Gasteiger partial charge in [0.15, 0.2) is 0 Å². The van der Waals surface area contributed by atoms with Crippen LogP contribution in [0.5, 0.6) is 5.75 Å². The summed E-state index contributed by atoms with van der Waals surface area (Å²) in [4.78, 5) is 2.68. The van der Waals surface area contributed by atoms with Crippen LogP contribution in [0.2, 0.25) is 0 Å². The Morgan fingerprint density at radius 2 is 2.05 bits per heavy atom. The van der Waals surface area contributed by atoms with Crippen LogP contribution in [0.15, 0.2) is 30.3 Å². The third-order valence-electron chi connectivity index (χ3n) is 4.19. The number of nitrogens with zero attached hydrogens (tertiary/aromatic N) is 1. The molecule has 104 valence electrons. The molecule has 1 heterocycles. The van der Waals surface area contributed by atoms with Crippen LogP contribution in [0.3, 0.4) is 0 Å². The lowest BCUT2D eigenvalue weighted by atomic mass is 10.2. The SMILES string of the molecule is CC1CC(NCCOc2ccccc2)CN1C1CC1. The van der Waals surface area contributed by atoms with Gasteiger partial charge in [0.05, 0.1) is 0 Å². The van der Waals surface area contributed by atoms with Crippen LogP contribution in [0.4, 0.5) is 0 Å². The summed E-state index contributed by atoms with van der Waals surface area (Å²) in [6.07, 6.45) is 4.10. The van der Waals surface area contributed by atoms with Gasteiger partial charge in [-0.25, -0.2) is 0 Å². The Balaban J connectivity index is 1.34. The lowest BCUT2D eigenvalue weighted by Gasteiger charge is -2.19. The van der Waals surface area contributed by atoms with Crippen molar-refractivity contribution in [3.8, 4) is 5.75 Å². The first-order valence-electron chi connectivity index (χ1n) is 7.50. The first-order chi connectivity index (χ1) is 9.33. The van der Waals surface area contributed by atoms with E-state index < -0.39 is 0 Å². The van der Waals surface area contributed by atoms with Crippen LogP contribution >= 0.6 is 0 Å². The number of hydrogen-bond acceptors (Lipinski definition) is 3. The van der Waals surface area contributed by atoms with Crippen LogP contribution in [0.1, 0.15) is 26.2 Å². The molecule has 2 atom stereocenters. The fraction of sp³-hybridized carbons (Fsp3) is 0.625. The lowest BCUT2D eigenvalue weighted by molar-refractivity contribution is 0.253. The topological polar surface area (TPSA) is 24.5 Å². The molecule has 1 aliphatic carbocycles. The Labute approximate surface area is 115 Å². The average molecular weight is 260 g/mol. The Morgan fingerprint density at radius 1 is 1.26 bits per heavy atom. The molecule has 3 heteroatoms. The van der Waals surface area contributed by atoms with Crippen LogP contribution in [-0.4, -0.2) is 42.7 Å². The molecule has 1 N–H and O–H groups in total. The molecule has 0 aromatic heterocycles. The van der Waals surface area contributed by atoms with E-state index in [0.29, 0.717) is 6.04 Å². The Kier molecular flexibility index (Phi) is 4.04. The van der Waals surface area contributed by atoms with Gasteiger partial charge < -0.3 is 10.1 Å². The normalized spacial score (nSPS) is 27.6. The second-order valence-corrected chi connectivity index (χ2v) is 5.83. The molecule has 1 saturated heterocycles. The molecule has 2 unspecified atom stereocenters. The highest BCUT2D eigenvalue weighted by atomic mass is 16.5. The molecule has 3 rings (SSSR count). The van der Waals surface area contributed by atoms with Gasteiger partial charge in [0.25, 0.3) is 0 Å². The monoisotopic (exact) mass is 260 g/mol. The van der Waals surface area contributed by atoms with Crippen molar-refractivity contribution < 1.29 is 4.74 Å². The van der Waals surface area contributed by atoms with Gasteiger partial charge in [-0.2, -0.15) is 0 Å². The number of likely N-dealkylation sites (tertiary alicyclic amines) is 1. The number of benzene rings is 1. The zero-order valence-electron chi connectivity index (χ0n) is 11.7. The van der Waals surface area contributed by atoms with E-state index in [1.54, 1.807) is 0 Å². The van der Waals surface area contributed by atoms with Gasteiger partial charge in [0.2, 0.25) is 0 Å². The average Bonchev–Trinajstić information content (AvgIpc) is 3.20. The molecule has 2 fully saturated rings. The van der Waals surface area contributed by atoms with Crippen molar-refractivity contribution >= 4 is 0 Å². The van der Waals surface area contributed by atoms with Crippen molar-refractivity contribution in [1.29, 1.82) is 0 Å². The van der Waals surface area contributed by atoms with E-state index in [9.17, 15) is 0 Å². The first kappa shape index (κ1) is 12.9. The quantitative estimate of drug-likeness (QED) is 0.794. The second kappa shape index (κ2) is 5.93. The van der Waals surface area contributed by atoms with E-state index in [0.717, 1.165) is 31.0 Å². The fourth-order valence-corrected chi connectivity index (χ4v) is 3.07. The van der Waals surface area contributed by atoms with Crippen LogP contribution in [0.25, 0.3) is 0 Å². The molecule has 1 aromatic rings. The Bertz CT molecular complexity index is 391. The summed E-state index contributed by atoms with van der Waals surface area (Å²) in [6.45, 7) is 5.26. The highest BCUT2D eigenvalue weighted by Crippen LogP contribution is 2.33. The molecule has 1 aromatic carbocycles. The van der Waals surface area contributed by atoms with Crippen LogP contribution in [0, 0.1) is 0 Å². The largest absolute Gasteiger partial charge is 0.492 e. The van der Waals surface area contributed by atoms with Crippen molar-refractivity contribution in [2.24, 2.45) is 0 Å². The Morgan fingerprint density at radius 3 is 2.79 bits per heavy atom. The third kappa shape index (κ3) is 3.48. The molecule has 0 spiro atoms. The fourth-order valence-electron chi connectivity index (χ4n) is 3.07. The number of rotatable bonds is 6. The first-order valence-corrected chi connectivity index (χ1v) is 7.50. The van der Waals surface area contributed by atoms with E-state index in [4.69, 9.17) is 4.74 Å². The van der Waals surface area contributed by atoms with E-state index in [-0.39, 0.29) is 0 Å². The highest BCUT2D eigenvalue weighted by Gasteiger charge is 2.38. The zero-order chi connectivity index (χ0) is 13.1. The Hall–Kier alpha value is -1.06. The van der Waals surface area contributed by atoms with Gasteiger partial charge >= 0.3 is 0 Å². The maximum atomic E-state index is 5.70. The number of nitrogens with one attached hydrogen (secondary N) is 1.